The lowest BCUT2D eigenvalue weighted by Crippen LogP contribution is -2.17. The number of hydrogen-bond donors (Lipinski definition) is 1. The van der Waals surface area contributed by atoms with Crippen LogP contribution in [0.1, 0.15) is 10.9 Å². The van der Waals surface area contributed by atoms with Crippen molar-refractivity contribution in [3.63, 3.8) is 0 Å². The molecular formula is C10H10F3NOS. The van der Waals surface area contributed by atoms with Gasteiger partial charge in [-0.15, -0.1) is 24.9 Å². The monoisotopic (exact) mass is 249 g/mol. The Labute approximate surface area is 95.2 Å². The molecule has 2 nitrogen and oxygen atoms in total. The number of thioether (sulfide) groups is 1. The van der Waals surface area contributed by atoms with Crippen molar-refractivity contribution >= 4 is 11.8 Å². The minimum atomic E-state index is -4.62. The van der Waals surface area contributed by atoms with E-state index in [1.165, 1.54) is 12.1 Å². The predicted molar refractivity (Wildman–Crippen MR) is 56.3 cm³/mol. The van der Waals surface area contributed by atoms with Crippen molar-refractivity contribution in [3.05, 3.63) is 29.8 Å². The number of rotatable bonds is 2. The molecule has 0 aliphatic carbocycles. The molecule has 1 aromatic rings. The number of halogens is 3. The smallest absolute Gasteiger partial charge is 0.406 e. The first kappa shape index (κ1) is 11.6. The van der Waals surface area contributed by atoms with E-state index in [4.69, 9.17) is 0 Å². The Kier molecular flexibility index (Phi) is 3.30. The third-order valence-electron chi connectivity index (χ3n) is 2.13. The van der Waals surface area contributed by atoms with Gasteiger partial charge >= 0.3 is 6.36 Å². The molecule has 1 aromatic carbocycles. The normalized spacial score (nSPS) is 21.1. The fourth-order valence-corrected chi connectivity index (χ4v) is 2.54. The molecule has 1 N–H and O–H groups in total. The molecule has 0 saturated carbocycles. The van der Waals surface area contributed by atoms with E-state index in [1.807, 2.05) is 0 Å². The molecule has 6 heteroatoms. The quantitative estimate of drug-likeness (QED) is 0.870. The Bertz CT molecular complexity index is 346. The molecular weight excluding hydrogens is 239 g/mol. The van der Waals surface area contributed by atoms with Gasteiger partial charge in [-0.05, 0) is 17.7 Å². The van der Waals surface area contributed by atoms with E-state index in [9.17, 15) is 13.2 Å². The molecule has 0 unspecified atom stereocenters. The van der Waals surface area contributed by atoms with Crippen LogP contribution in [-0.4, -0.2) is 18.7 Å². The van der Waals surface area contributed by atoms with E-state index in [2.05, 4.69) is 10.1 Å². The average molecular weight is 249 g/mol. The van der Waals surface area contributed by atoms with Crippen molar-refractivity contribution in [1.29, 1.82) is 0 Å². The zero-order chi connectivity index (χ0) is 11.6. The first-order valence-corrected chi connectivity index (χ1v) is 5.80. The van der Waals surface area contributed by atoms with E-state index in [1.54, 1.807) is 23.9 Å². The van der Waals surface area contributed by atoms with Crippen molar-refractivity contribution in [3.8, 4) is 5.75 Å². The van der Waals surface area contributed by atoms with E-state index in [-0.39, 0.29) is 11.1 Å². The first-order valence-electron chi connectivity index (χ1n) is 4.75. The van der Waals surface area contributed by atoms with Crippen molar-refractivity contribution in [2.75, 3.05) is 12.3 Å². The van der Waals surface area contributed by atoms with E-state index in [0.29, 0.717) is 0 Å². The summed E-state index contributed by atoms with van der Waals surface area (Å²) in [5, 5.41) is 3.42. The second kappa shape index (κ2) is 4.55. The van der Waals surface area contributed by atoms with Crippen molar-refractivity contribution < 1.29 is 17.9 Å². The van der Waals surface area contributed by atoms with Gasteiger partial charge in [0, 0.05) is 12.3 Å². The second-order valence-corrected chi connectivity index (χ2v) is 4.53. The summed E-state index contributed by atoms with van der Waals surface area (Å²) in [6, 6.07) is 5.97. The molecule has 1 fully saturated rings. The Hall–Kier alpha value is -0.880. The highest BCUT2D eigenvalue weighted by atomic mass is 32.2. The van der Waals surface area contributed by atoms with Crippen LogP contribution in [0.15, 0.2) is 24.3 Å². The largest absolute Gasteiger partial charge is 0.573 e. The maximum Gasteiger partial charge on any atom is 0.573 e. The lowest BCUT2D eigenvalue weighted by Gasteiger charge is -2.12. The summed E-state index contributed by atoms with van der Waals surface area (Å²) in [6.45, 7) is 0.927. The molecule has 1 atom stereocenters. The highest BCUT2D eigenvalue weighted by Gasteiger charge is 2.31. The summed E-state index contributed by atoms with van der Waals surface area (Å²) in [4.78, 5) is 0. The van der Waals surface area contributed by atoms with Gasteiger partial charge in [-0.2, -0.15) is 0 Å². The van der Waals surface area contributed by atoms with E-state index >= 15 is 0 Å². The van der Waals surface area contributed by atoms with Crippen LogP contribution in [0, 0.1) is 0 Å². The Morgan fingerprint density at radius 1 is 1.25 bits per heavy atom. The van der Waals surface area contributed by atoms with Gasteiger partial charge in [0.2, 0.25) is 0 Å². The van der Waals surface area contributed by atoms with Crippen LogP contribution in [0.3, 0.4) is 0 Å². The standard InChI is InChI=1S/C10H10F3NOS/c11-10(12,13)15-8-3-1-7(2-4-8)9-14-5-6-16-9/h1-4,9,14H,5-6H2/t9-/m1/s1. The fraction of sp³-hybridized carbons (Fsp3) is 0.400. The number of benzene rings is 1. The van der Waals surface area contributed by atoms with E-state index in [0.717, 1.165) is 17.9 Å². The van der Waals surface area contributed by atoms with Crippen LogP contribution in [0.2, 0.25) is 0 Å². The fourth-order valence-electron chi connectivity index (χ4n) is 1.48. The predicted octanol–water partition coefficient (Wildman–Crippen LogP) is 2.92. The molecule has 88 valence electrons. The Morgan fingerprint density at radius 3 is 2.44 bits per heavy atom. The van der Waals surface area contributed by atoms with Crippen molar-refractivity contribution in [2.45, 2.75) is 11.7 Å². The molecule has 16 heavy (non-hydrogen) atoms. The van der Waals surface area contributed by atoms with Gasteiger partial charge in [-0.1, -0.05) is 12.1 Å². The maximum atomic E-state index is 11.9. The molecule has 1 aliphatic rings. The van der Waals surface area contributed by atoms with E-state index < -0.39 is 6.36 Å². The average Bonchev–Trinajstić information content (AvgIpc) is 2.69. The number of hydrogen-bond acceptors (Lipinski definition) is 3. The molecule has 0 spiro atoms. The molecule has 0 amide bonds. The summed E-state index contributed by atoms with van der Waals surface area (Å²) in [7, 11) is 0. The van der Waals surface area contributed by atoms with Crippen molar-refractivity contribution in [1.82, 2.24) is 5.32 Å². The Balaban J connectivity index is 2.04. The van der Waals surface area contributed by atoms with Crippen LogP contribution in [-0.2, 0) is 0 Å². The molecule has 0 aromatic heterocycles. The summed E-state index contributed by atoms with van der Waals surface area (Å²) in [6.07, 6.45) is -4.62. The molecule has 1 aliphatic heterocycles. The summed E-state index contributed by atoms with van der Waals surface area (Å²) < 4.78 is 39.5. The van der Waals surface area contributed by atoms with Crippen LogP contribution >= 0.6 is 11.8 Å². The number of nitrogens with one attached hydrogen (secondary N) is 1. The second-order valence-electron chi connectivity index (χ2n) is 3.32. The summed E-state index contributed by atoms with van der Waals surface area (Å²) in [5.74, 6) is 0.838. The zero-order valence-corrected chi connectivity index (χ0v) is 9.07. The molecule has 2 rings (SSSR count). The molecule has 1 saturated heterocycles. The number of ether oxygens (including phenoxy) is 1. The SMILES string of the molecule is FC(F)(F)Oc1ccc([C@@H]2NCCS2)cc1. The molecule has 0 bridgehead atoms. The first-order chi connectivity index (χ1) is 7.54. The maximum absolute atomic E-state index is 11.9. The van der Waals surface area contributed by atoms with Crippen molar-refractivity contribution in [2.24, 2.45) is 0 Å². The topological polar surface area (TPSA) is 21.3 Å². The third kappa shape index (κ3) is 3.05. The van der Waals surface area contributed by atoms with Crippen LogP contribution in [0.5, 0.6) is 5.75 Å². The minimum absolute atomic E-state index is 0.180. The lowest BCUT2D eigenvalue weighted by atomic mass is 10.2. The van der Waals surface area contributed by atoms with Gasteiger partial charge in [-0.3, -0.25) is 0 Å². The van der Waals surface area contributed by atoms with Gasteiger partial charge in [0.15, 0.2) is 0 Å². The van der Waals surface area contributed by atoms with Gasteiger partial charge in [0.05, 0.1) is 5.37 Å². The summed E-state index contributed by atoms with van der Waals surface area (Å²) >= 11 is 1.74. The molecule has 0 radical (unpaired) electrons. The van der Waals surface area contributed by atoms with Gasteiger partial charge in [0.25, 0.3) is 0 Å². The number of alkyl halides is 3. The van der Waals surface area contributed by atoms with Crippen LogP contribution < -0.4 is 10.1 Å². The zero-order valence-electron chi connectivity index (χ0n) is 8.25. The lowest BCUT2D eigenvalue weighted by molar-refractivity contribution is -0.274. The highest BCUT2D eigenvalue weighted by molar-refractivity contribution is 7.99. The highest BCUT2D eigenvalue weighted by Crippen LogP contribution is 2.31. The van der Waals surface area contributed by atoms with Crippen LogP contribution in [0.4, 0.5) is 13.2 Å². The van der Waals surface area contributed by atoms with Gasteiger partial charge in [-0.25, -0.2) is 0 Å². The molecule has 1 heterocycles. The van der Waals surface area contributed by atoms with Gasteiger partial charge < -0.3 is 10.1 Å². The van der Waals surface area contributed by atoms with Gasteiger partial charge in [0.1, 0.15) is 5.75 Å². The Morgan fingerprint density at radius 2 is 1.94 bits per heavy atom. The third-order valence-corrected chi connectivity index (χ3v) is 3.34. The van der Waals surface area contributed by atoms with Crippen LogP contribution in [0.25, 0.3) is 0 Å². The summed E-state index contributed by atoms with van der Waals surface area (Å²) in [5.41, 5.74) is 0.969. The minimum Gasteiger partial charge on any atom is -0.406 e.